The Hall–Kier alpha value is -1.06. The van der Waals surface area contributed by atoms with Crippen molar-refractivity contribution < 1.29 is 14.3 Å². The van der Waals surface area contributed by atoms with Crippen molar-refractivity contribution in [2.75, 3.05) is 13.7 Å². The second-order valence-electron chi connectivity index (χ2n) is 8.61. The summed E-state index contributed by atoms with van der Waals surface area (Å²) in [7, 11) is 1.42. The summed E-state index contributed by atoms with van der Waals surface area (Å²) in [5.74, 6) is 2.79. The highest BCUT2D eigenvalue weighted by atomic mass is 16.5. The number of ether oxygens (including phenoxy) is 1. The maximum atomic E-state index is 12.9. The Bertz CT molecular complexity index is 436. The van der Waals surface area contributed by atoms with Crippen molar-refractivity contribution in [3.8, 4) is 0 Å². The zero-order valence-electron chi connectivity index (χ0n) is 14.8. The first-order valence-corrected chi connectivity index (χ1v) is 9.29. The highest BCUT2D eigenvalue weighted by Crippen LogP contribution is 2.58. The van der Waals surface area contributed by atoms with Gasteiger partial charge in [0.25, 0.3) is 0 Å². The molecule has 0 heterocycles. The van der Waals surface area contributed by atoms with Crippen molar-refractivity contribution >= 4 is 11.9 Å². The van der Waals surface area contributed by atoms with E-state index in [-0.39, 0.29) is 17.4 Å². The van der Waals surface area contributed by atoms with E-state index in [1.165, 1.54) is 26.4 Å². The van der Waals surface area contributed by atoms with Crippen LogP contribution in [0.5, 0.6) is 0 Å². The summed E-state index contributed by atoms with van der Waals surface area (Å²) in [5.41, 5.74) is 0.0365. The molecule has 0 saturated heterocycles. The van der Waals surface area contributed by atoms with Crippen LogP contribution in [0.3, 0.4) is 0 Å². The number of hydrogen-bond donors (Lipinski definition) is 0. The summed E-state index contributed by atoms with van der Waals surface area (Å²) in [6.07, 6.45) is 8.47. The molecule has 130 valence electrons. The van der Waals surface area contributed by atoms with E-state index >= 15 is 0 Å². The van der Waals surface area contributed by atoms with Gasteiger partial charge in [-0.05, 0) is 62.2 Å². The zero-order valence-corrected chi connectivity index (χ0v) is 14.8. The molecule has 0 aromatic rings. The maximum Gasteiger partial charge on any atom is 0.307 e. The molecule has 0 atom stereocenters. The number of amides is 1. The second kappa shape index (κ2) is 6.45. The average molecular weight is 321 g/mol. The minimum absolute atomic E-state index is 0.0365. The molecular formula is C19H31NO3. The van der Waals surface area contributed by atoms with Gasteiger partial charge in [0.05, 0.1) is 13.5 Å². The molecule has 4 saturated carbocycles. The first-order valence-electron chi connectivity index (χ1n) is 9.29. The Labute approximate surface area is 139 Å². The van der Waals surface area contributed by atoms with E-state index in [4.69, 9.17) is 4.74 Å². The molecule has 4 nitrogen and oxygen atoms in total. The van der Waals surface area contributed by atoms with Crippen molar-refractivity contribution in [2.45, 2.75) is 70.8 Å². The molecule has 0 aromatic heterocycles. The minimum atomic E-state index is -0.211. The molecule has 0 spiro atoms. The molecule has 4 rings (SSSR count). The molecule has 0 aliphatic heterocycles. The summed E-state index contributed by atoms with van der Waals surface area (Å²) in [6, 6.07) is 0. The highest BCUT2D eigenvalue weighted by molar-refractivity contribution is 5.78. The molecular weight excluding hydrogens is 290 g/mol. The Kier molecular flexibility index (Phi) is 4.70. The van der Waals surface area contributed by atoms with Gasteiger partial charge in [-0.2, -0.15) is 0 Å². The van der Waals surface area contributed by atoms with Gasteiger partial charge in [0.1, 0.15) is 0 Å². The fourth-order valence-corrected chi connectivity index (χ4v) is 5.79. The van der Waals surface area contributed by atoms with Crippen molar-refractivity contribution in [1.29, 1.82) is 0 Å². The fourth-order valence-electron chi connectivity index (χ4n) is 5.79. The molecule has 0 aromatic carbocycles. The third-order valence-electron chi connectivity index (χ3n) is 6.23. The smallest absolute Gasteiger partial charge is 0.307 e. The lowest BCUT2D eigenvalue weighted by Crippen LogP contribution is -2.62. The lowest BCUT2D eigenvalue weighted by Gasteiger charge is -2.60. The standard InChI is InChI=1S/C19H31NO3/c1-13(2)6-17(21)20(5-4-18(22)23-3)19-10-14-7-15(11-19)9-16(8-14)12-19/h13-16H,4-12H2,1-3H3. The van der Waals surface area contributed by atoms with Crippen molar-refractivity contribution in [3.63, 3.8) is 0 Å². The number of rotatable bonds is 6. The number of nitrogens with zero attached hydrogens (tertiary/aromatic N) is 1. The Morgan fingerprint density at radius 2 is 1.61 bits per heavy atom. The predicted molar refractivity (Wildman–Crippen MR) is 88.7 cm³/mol. The van der Waals surface area contributed by atoms with E-state index in [0.29, 0.717) is 25.3 Å². The van der Waals surface area contributed by atoms with Gasteiger partial charge in [0.15, 0.2) is 0 Å². The van der Waals surface area contributed by atoms with Crippen LogP contribution in [0.15, 0.2) is 0 Å². The van der Waals surface area contributed by atoms with E-state index in [9.17, 15) is 9.59 Å². The Morgan fingerprint density at radius 1 is 1.09 bits per heavy atom. The molecule has 4 aliphatic rings. The molecule has 0 N–H and O–H groups in total. The fraction of sp³-hybridized carbons (Fsp3) is 0.895. The maximum absolute atomic E-state index is 12.9. The molecule has 0 unspecified atom stereocenters. The first-order chi connectivity index (χ1) is 10.9. The SMILES string of the molecule is COC(=O)CCN(C(=O)CC(C)C)C12CC3CC(CC(C3)C1)C2. The van der Waals surface area contributed by atoms with Gasteiger partial charge in [-0.3, -0.25) is 9.59 Å². The largest absolute Gasteiger partial charge is 0.469 e. The molecule has 23 heavy (non-hydrogen) atoms. The van der Waals surface area contributed by atoms with Crippen molar-refractivity contribution in [3.05, 3.63) is 0 Å². The summed E-state index contributed by atoms with van der Waals surface area (Å²) < 4.78 is 4.80. The number of hydrogen-bond acceptors (Lipinski definition) is 3. The quantitative estimate of drug-likeness (QED) is 0.705. The molecule has 4 fully saturated rings. The van der Waals surface area contributed by atoms with Crippen LogP contribution in [0, 0.1) is 23.7 Å². The number of esters is 1. The summed E-state index contributed by atoms with van der Waals surface area (Å²) in [6.45, 7) is 4.72. The summed E-state index contributed by atoms with van der Waals surface area (Å²) in [4.78, 5) is 26.7. The van der Waals surface area contributed by atoms with E-state index in [0.717, 1.165) is 37.0 Å². The van der Waals surface area contributed by atoms with Gasteiger partial charge < -0.3 is 9.64 Å². The number of methoxy groups -OCH3 is 1. The Balaban J connectivity index is 1.79. The van der Waals surface area contributed by atoms with Crippen LogP contribution >= 0.6 is 0 Å². The number of carbonyl (C=O) groups excluding carboxylic acids is 2. The minimum Gasteiger partial charge on any atom is -0.469 e. The molecule has 4 heteroatoms. The van der Waals surface area contributed by atoms with Crippen LogP contribution in [0.4, 0.5) is 0 Å². The summed E-state index contributed by atoms with van der Waals surface area (Å²) in [5, 5.41) is 0. The van der Waals surface area contributed by atoms with E-state index in [1.54, 1.807) is 0 Å². The van der Waals surface area contributed by atoms with E-state index in [1.807, 2.05) is 0 Å². The van der Waals surface area contributed by atoms with Crippen LogP contribution in [-0.2, 0) is 14.3 Å². The van der Waals surface area contributed by atoms with Crippen LogP contribution in [-0.4, -0.2) is 36.0 Å². The first kappa shape index (κ1) is 16.8. The normalized spacial score (nSPS) is 34.7. The monoisotopic (exact) mass is 321 g/mol. The third-order valence-corrected chi connectivity index (χ3v) is 6.23. The van der Waals surface area contributed by atoms with Gasteiger partial charge in [-0.15, -0.1) is 0 Å². The molecule has 0 radical (unpaired) electrons. The molecule has 4 bridgehead atoms. The van der Waals surface area contributed by atoms with Crippen molar-refractivity contribution in [1.82, 2.24) is 4.90 Å². The molecule has 4 aliphatic carbocycles. The van der Waals surface area contributed by atoms with Crippen LogP contribution < -0.4 is 0 Å². The van der Waals surface area contributed by atoms with E-state index in [2.05, 4.69) is 18.7 Å². The van der Waals surface area contributed by atoms with Gasteiger partial charge in [-0.1, -0.05) is 13.8 Å². The topological polar surface area (TPSA) is 46.6 Å². The van der Waals surface area contributed by atoms with Gasteiger partial charge in [0.2, 0.25) is 5.91 Å². The third kappa shape index (κ3) is 3.41. The van der Waals surface area contributed by atoms with Gasteiger partial charge in [-0.25, -0.2) is 0 Å². The lowest BCUT2D eigenvalue weighted by atomic mass is 9.52. The molecule has 1 amide bonds. The van der Waals surface area contributed by atoms with Gasteiger partial charge in [0, 0.05) is 18.5 Å². The van der Waals surface area contributed by atoms with Crippen LogP contribution in [0.2, 0.25) is 0 Å². The predicted octanol–water partition coefficient (Wildman–Crippen LogP) is 3.39. The van der Waals surface area contributed by atoms with E-state index < -0.39 is 0 Å². The zero-order chi connectivity index (χ0) is 16.6. The number of carbonyl (C=O) groups is 2. The average Bonchev–Trinajstić information content (AvgIpc) is 2.44. The van der Waals surface area contributed by atoms with Crippen LogP contribution in [0.1, 0.15) is 65.2 Å². The summed E-state index contributed by atoms with van der Waals surface area (Å²) >= 11 is 0. The van der Waals surface area contributed by atoms with Crippen molar-refractivity contribution in [2.24, 2.45) is 23.7 Å². The Morgan fingerprint density at radius 3 is 2.04 bits per heavy atom. The highest BCUT2D eigenvalue weighted by Gasteiger charge is 2.54. The second-order valence-corrected chi connectivity index (χ2v) is 8.61. The van der Waals surface area contributed by atoms with Gasteiger partial charge >= 0.3 is 5.97 Å². The lowest BCUT2D eigenvalue weighted by molar-refractivity contribution is -0.154. The van der Waals surface area contributed by atoms with Crippen LogP contribution in [0.25, 0.3) is 0 Å².